The highest BCUT2D eigenvalue weighted by Gasteiger charge is 2.37. The number of aryl methyl sites for hydroxylation is 1. The fraction of sp³-hybridized carbons (Fsp3) is 0.545. The van der Waals surface area contributed by atoms with Crippen molar-refractivity contribution in [2.24, 2.45) is 0 Å². The number of aromatic nitrogens is 1. The Labute approximate surface area is 178 Å². The Balaban J connectivity index is 1.87. The largest absolute Gasteiger partial charge is 0.445 e. The molecule has 1 aliphatic rings. The highest BCUT2D eigenvalue weighted by molar-refractivity contribution is 6.00. The molecular weight excluding hydrogens is 384 g/mol. The van der Waals surface area contributed by atoms with Crippen LogP contribution < -0.4 is 5.32 Å². The number of nitrogens with one attached hydrogen (secondary N) is 1. The first-order chi connectivity index (χ1) is 14.3. The van der Waals surface area contributed by atoms with Crippen molar-refractivity contribution >= 4 is 17.8 Å². The number of hydrogen-bond acceptors (Lipinski definition) is 6. The number of hydrogen-bond donors (Lipinski definition) is 1. The van der Waals surface area contributed by atoms with Gasteiger partial charge in [-0.25, -0.2) is 4.79 Å². The van der Waals surface area contributed by atoms with Crippen molar-refractivity contribution in [3.8, 4) is 0 Å². The maximum atomic E-state index is 12.8. The van der Waals surface area contributed by atoms with Crippen LogP contribution in [0, 0.1) is 0 Å². The number of rotatable bonds is 9. The van der Waals surface area contributed by atoms with Gasteiger partial charge in [-0.1, -0.05) is 26.0 Å². The number of carbonyl (C=O) groups excluding carboxylic acids is 3. The molecule has 0 radical (unpaired) electrons. The Morgan fingerprint density at radius 3 is 2.57 bits per heavy atom. The van der Waals surface area contributed by atoms with Crippen LogP contribution in [0.15, 0.2) is 31.1 Å². The van der Waals surface area contributed by atoms with Crippen LogP contribution >= 0.6 is 0 Å². The Morgan fingerprint density at radius 1 is 1.23 bits per heavy atom. The molecule has 0 spiro atoms. The number of ether oxygens (including phenoxy) is 1. The summed E-state index contributed by atoms with van der Waals surface area (Å²) in [5.74, 6) is -0.393. The van der Waals surface area contributed by atoms with Crippen molar-refractivity contribution in [1.29, 1.82) is 0 Å². The highest BCUT2D eigenvalue weighted by atomic mass is 16.6. The molecule has 1 aromatic rings. The van der Waals surface area contributed by atoms with Crippen LogP contribution in [0.5, 0.6) is 0 Å². The molecule has 1 saturated heterocycles. The van der Waals surface area contributed by atoms with E-state index in [-0.39, 0.29) is 30.9 Å². The summed E-state index contributed by atoms with van der Waals surface area (Å²) in [5.41, 5.74) is 0.713. The van der Waals surface area contributed by atoms with Crippen molar-refractivity contribution in [3.05, 3.63) is 42.2 Å². The van der Waals surface area contributed by atoms with Crippen molar-refractivity contribution in [2.75, 3.05) is 39.3 Å². The van der Waals surface area contributed by atoms with E-state index in [9.17, 15) is 14.4 Å². The van der Waals surface area contributed by atoms with Gasteiger partial charge in [0.1, 0.15) is 6.61 Å². The van der Waals surface area contributed by atoms with E-state index in [4.69, 9.17) is 4.74 Å². The molecule has 1 fully saturated rings. The lowest BCUT2D eigenvalue weighted by molar-refractivity contribution is -0.132. The van der Waals surface area contributed by atoms with Crippen LogP contribution in [-0.4, -0.2) is 77.4 Å². The summed E-state index contributed by atoms with van der Waals surface area (Å²) >= 11 is 0. The topological polar surface area (TPSA) is 91.8 Å². The van der Waals surface area contributed by atoms with Crippen LogP contribution in [0.1, 0.15) is 43.1 Å². The number of carbonyl (C=O) groups is 3. The van der Waals surface area contributed by atoms with Gasteiger partial charge in [0, 0.05) is 44.1 Å². The lowest BCUT2D eigenvalue weighted by Gasteiger charge is -2.42. The third kappa shape index (κ3) is 6.13. The Kier molecular flexibility index (Phi) is 8.53. The number of piperazine rings is 1. The van der Waals surface area contributed by atoms with Gasteiger partial charge in [-0.3, -0.25) is 19.5 Å². The van der Waals surface area contributed by atoms with Gasteiger partial charge in [0.05, 0.1) is 12.1 Å². The monoisotopic (exact) mass is 416 g/mol. The number of ketones is 1. The maximum absolute atomic E-state index is 12.8. The molecule has 0 atom stereocenters. The van der Waals surface area contributed by atoms with Gasteiger partial charge < -0.3 is 15.0 Å². The second-order valence-electron chi connectivity index (χ2n) is 7.84. The summed E-state index contributed by atoms with van der Waals surface area (Å²) in [6.45, 7) is 11.4. The summed E-state index contributed by atoms with van der Waals surface area (Å²) in [6.07, 6.45) is 6.28. The van der Waals surface area contributed by atoms with Gasteiger partial charge in [-0.2, -0.15) is 0 Å². The van der Waals surface area contributed by atoms with E-state index < -0.39 is 5.54 Å². The van der Waals surface area contributed by atoms with Gasteiger partial charge >= 0.3 is 6.09 Å². The third-order valence-corrected chi connectivity index (χ3v) is 5.27. The fourth-order valence-electron chi connectivity index (χ4n) is 3.36. The minimum absolute atomic E-state index is 0.0760. The zero-order chi connectivity index (χ0) is 22.1. The van der Waals surface area contributed by atoms with E-state index in [0.717, 1.165) is 18.4 Å². The van der Waals surface area contributed by atoms with Crippen LogP contribution in [-0.2, 0) is 16.0 Å². The fourth-order valence-corrected chi connectivity index (χ4v) is 3.36. The van der Waals surface area contributed by atoms with Crippen LogP contribution in [0.3, 0.4) is 0 Å². The summed E-state index contributed by atoms with van der Waals surface area (Å²) in [4.78, 5) is 45.0. The summed E-state index contributed by atoms with van der Waals surface area (Å²) < 4.78 is 5.06. The first-order valence-electron chi connectivity index (χ1n) is 10.3. The Bertz CT molecular complexity index is 770. The average Bonchev–Trinajstić information content (AvgIpc) is 2.76. The van der Waals surface area contributed by atoms with Gasteiger partial charge in [0.2, 0.25) is 5.91 Å². The molecule has 1 aliphatic heterocycles. The van der Waals surface area contributed by atoms with Gasteiger partial charge in [-0.15, -0.1) is 0 Å². The average molecular weight is 417 g/mol. The quantitative estimate of drug-likeness (QED) is 0.489. The van der Waals surface area contributed by atoms with Crippen molar-refractivity contribution in [3.63, 3.8) is 0 Å². The molecular formula is C22H32N4O4. The molecule has 8 heteroatoms. The minimum Gasteiger partial charge on any atom is -0.445 e. The van der Waals surface area contributed by atoms with Gasteiger partial charge in [0.25, 0.3) is 0 Å². The van der Waals surface area contributed by atoms with E-state index in [2.05, 4.69) is 23.8 Å². The maximum Gasteiger partial charge on any atom is 0.410 e. The van der Waals surface area contributed by atoms with Crippen LogP contribution in [0.2, 0.25) is 0 Å². The van der Waals surface area contributed by atoms with Gasteiger partial charge in [0.15, 0.2) is 5.78 Å². The van der Waals surface area contributed by atoms with Gasteiger partial charge in [-0.05, 0) is 31.9 Å². The first-order valence-corrected chi connectivity index (χ1v) is 10.3. The normalized spacial score (nSPS) is 14.8. The SMILES string of the molecule is C=CCOC(=O)N1CCN(C(C)(C)C(=O)NCC(=O)c2cncc(CCC)c2)CC1. The molecule has 0 aromatic carbocycles. The Hall–Kier alpha value is -2.74. The minimum atomic E-state index is -0.806. The Morgan fingerprint density at radius 2 is 1.93 bits per heavy atom. The van der Waals surface area contributed by atoms with E-state index >= 15 is 0 Å². The smallest absolute Gasteiger partial charge is 0.410 e. The third-order valence-electron chi connectivity index (χ3n) is 5.27. The molecule has 2 rings (SSSR count). The van der Waals surface area contributed by atoms with Crippen molar-refractivity contribution < 1.29 is 19.1 Å². The molecule has 2 amide bonds. The molecule has 0 aliphatic carbocycles. The molecule has 30 heavy (non-hydrogen) atoms. The van der Waals surface area contributed by atoms with Crippen molar-refractivity contribution in [2.45, 2.75) is 39.2 Å². The zero-order valence-electron chi connectivity index (χ0n) is 18.1. The van der Waals surface area contributed by atoms with E-state index in [1.54, 1.807) is 11.1 Å². The molecule has 0 saturated carbocycles. The second kappa shape index (κ2) is 10.9. The van der Waals surface area contributed by atoms with E-state index in [0.29, 0.717) is 31.7 Å². The van der Waals surface area contributed by atoms with Crippen LogP contribution in [0.25, 0.3) is 0 Å². The molecule has 1 N–H and O–H groups in total. The highest BCUT2D eigenvalue weighted by Crippen LogP contribution is 2.18. The van der Waals surface area contributed by atoms with E-state index in [1.807, 2.05) is 24.8 Å². The lowest BCUT2D eigenvalue weighted by atomic mass is 10.00. The molecule has 8 nitrogen and oxygen atoms in total. The molecule has 1 aromatic heterocycles. The molecule has 0 bridgehead atoms. The number of pyridine rings is 1. The first kappa shape index (κ1) is 23.5. The number of amides is 2. The predicted molar refractivity (Wildman–Crippen MR) is 114 cm³/mol. The number of Topliss-reactive ketones (excluding diaryl/α,β-unsaturated/α-hetero) is 1. The molecule has 164 valence electrons. The standard InChI is InChI=1S/C22H32N4O4/c1-5-7-17-13-18(15-23-14-17)19(27)16-24-20(28)22(3,4)26-10-8-25(9-11-26)21(29)30-12-6-2/h6,13-15H,2,5,7-12,16H2,1,3-4H3,(H,24,28). The van der Waals surface area contributed by atoms with Crippen molar-refractivity contribution in [1.82, 2.24) is 20.1 Å². The zero-order valence-corrected chi connectivity index (χ0v) is 18.1. The molecule has 0 unspecified atom stereocenters. The second-order valence-corrected chi connectivity index (χ2v) is 7.84. The van der Waals surface area contributed by atoms with E-state index in [1.165, 1.54) is 12.3 Å². The summed E-state index contributed by atoms with van der Waals surface area (Å²) in [6, 6.07) is 1.83. The predicted octanol–water partition coefficient (Wildman–Crippen LogP) is 2.05. The number of nitrogens with zero attached hydrogens (tertiary/aromatic N) is 3. The molecule has 2 heterocycles. The lowest BCUT2D eigenvalue weighted by Crippen LogP contribution is -2.61. The summed E-state index contributed by atoms with van der Waals surface area (Å²) in [5, 5.41) is 2.76. The van der Waals surface area contributed by atoms with Crippen LogP contribution in [0.4, 0.5) is 4.79 Å². The summed E-state index contributed by atoms with van der Waals surface area (Å²) in [7, 11) is 0.